The van der Waals surface area contributed by atoms with Gasteiger partial charge in [-0.2, -0.15) is 11.3 Å². The summed E-state index contributed by atoms with van der Waals surface area (Å²) in [6, 6.07) is 20.4. The molecule has 0 saturated carbocycles. The lowest BCUT2D eigenvalue weighted by atomic mass is 9.96. The van der Waals surface area contributed by atoms with Gasteiger partial charge >= 0.3 is 5.97 Å². The molecule has 0 bridgehead atoms. The minimum absolute atomic E-state index is 0.0163. The standard InChI is InChI=1S/C33H18ClF3N2O4S2/c1-38-32-25(13-14-44-32)29-26-17-22(35)8-12-28(26)39(45(42,43)23-9-5-18(6-10-23)31(36)37)30(29)20-4-2-3-19(15-20)24-11-7-21(33(40)41)16-27(24)34/h2-17,31H,(H,40,41). The molecule has 224 valence electrons. The fraction of sp³-hybridized carbons (Fsp3) is 0.0303. The number of carboxylic acid groups (broad SMARTS) is 1. The van der Waals surface area contributed by atoms with Crippen LogP contribution < -0.4 is 0 Å². The first kappa shape index (κ1) is 30.1. The summed E-state index contributed by atoms with van der Waals surface area (Å²) in [5.41, 5.74) is 1.87. The monoisotopic (exact) mass is 662 g/mol. The first-order valence-electron chi connectivity index (χ1n) is 13.1. The first-order chi connectivity index (χ1) is 21.5. The lowest BCUT2D eigenvalue weighted by Crippen LogP contribution is -2.14. The largest absolute Gasteiger partial charge is 0.478 e. The minimum Gasteiger partial charge on any atom is -0.478 e. The second-order valence-electron chi connectivity index (χ2n) is 9.86. The van der Waals surface area contributed by atoms with E-state index < -0.39 is 28.2 Å². The van der Waals surface area contributed by atoms with Crippen molar-refractivity contribution in [2.75, 3.05) is 0 Å². The Labute approximate surface area is 264 Å². The second-order valence-corrected chi connectivity index (χ2v) is 12.9. The number of carbonyl (C=O) groups is 1. The number of halogens is 4. The van der Waals surface area contributed by atoms with E-state index in [2.05, 4.69) is 4.85 Å². The van der Waals surface area contributed by atoms with Crippen molar-refractivity contribution in [1.82, 2.24) is 3.97 Å². The minimum atomic E-state index is -4.51. The van der Waals surface area contributed by atoms with E-state index in [0.717, 1.165) is 45.6 Å². The predicted octanol–water partition coefficient (Wildman–Crippen LogP) is 9.92. The van der Waals surface area contributed by atoms with Crippen LogP contribution in [0.1, 0.15) is 22.3 Å². The summed E-state index contributed by atoms with van der Waals surface area (Å²) in [6.45, 7) is 7.73. The van der Waals surface area contributed by atoms with Crippen LogP contribution in [0.2, 0.25) is 5.02 Å². The van der Waals surface area contributed by atoms with E-state index in [1.54, 1.807) is 35.7 Å². The van der Waals surface area contributed by atoms with Crippen LogP contribution in [0.3, 0.4) is 0 Å². The second kappa shape index (κ2) is 11.6. The molecule has 2 heterocycles. The van der Waals surface area contributed by atoms with Crippen molar-refractivity contribution < 1.29 is 31.5 Å². The summed E-state index contributed by atoms with van der Waals surface area (Å²) >= 11 is 7.61. The van der Waals surface area contributed by atoms with E-state index in [0.29, 0.717) is 22.3 Å². The highest BCUT2D eigenvalue weighted by Crippen LogP contribution is 2.48. The number of nitrogens with zero attached hydrogens (tertiary/aromatic N) is 2. The third kappa shape index (κ3) is 5.27. The zero-order valence-electron chi connectivity index (χ0n) is 22.7. The van der Waals surface area contributed by atoms with Crippen molar-refractivity contribution in [3.05, 3.63) is 130 Å². The van der Waals surface area contributed by atoms with Gasteiger partial charge in [-0.05, 0) is 59.5 Å². The number of aromatic nitrogens is 1. The molecule has 0 amide bonds. The highest BCUT2D eigenvalue weighted by Gasteiger charge is 2.30. The van der Waals surface area contributed by atoms with Crippen molar-refractivity contribution in [3.8, 4) is 33.5 Å². The summed E-state index contributed by atoms with van der Waals surface area (Å²) in [5, 5.41) is 11.6. The number of hydrogen-bond acceptors (Lipinski definition) is 4. The fourth-order valence-electron chi connectivity index (χ4n) is 5.20. The van der Waals surface area contributed by atoms with Crippen molar-refractivity contribution in [2.45, 2.75) is 11.3 Å². The van der Waals surface area contributed by atoms with E-state index >= 15 is 0 Å². The van der Waals surface area contributed by atoms with Gasteiger partial charge in [-0.1, -0.05) is 54.1 Å². The lowest BCUT2D eigenvalue weighted by Gasteiger charge is -2.15. The maximum atomic E-state index is 14.8. The molecule has 4 aromatic carbocycles. The molecule has 0 spiro atoms. The van der Waals surface area contributed by atoms with Crippen LogP contribution in [0.25, 0.3) is 49.3 Å². The smallest absolute Gasteiger partial charge is 0.335 e. The highest BCUT2D eigenvalue weighted by atomic mass is 35.5. The van der Waals surface area contributed by atoms with Crippen molar-refractivity contribution in [3.63, 3.8) is 0 Å². The number of rotatable bonds is 7. The summed E-state index contributed by atoms with van der Waals surface area (Å²) in [4.78, 5) is 14.8. The van der Waals surface area contributed by atoms with Crippen molar-refractivity contribution in [2.24, 2.45) is 0 Å². The summed E-state index contributed by atoms with van der Waals surface area (Å²) in [7, 11) is -4.51. The van der Waals surface area contributed by atoms with Crippen LogP contribution in [0.15, 0.2) is 101 Å². The SMILES string of the molecule is [C-]#[N+]c1sccc1-c1c(-c2cccc(-c3ccc(C(=O)O)cc3Cl)c2)n(S(=O)(=O)c2ccc(C(F)F)cc2)c2ccc(F)cc12. The average Bonchev–Trinajstić information content (AvgIpc) is 3.63. The Morgan fingerprint density at radius 3 is 2.33 bits per heavy atom. The van der Waals surface area contributed by atoms with Crippen LogP contribution in [-0.2, 0) is 10.0 Å². The first-order valence-corrected chi connectivity index (χ1v) is 15.8. The summed E-state index contributed by atoms with van der Waals surface area (Å²) < 4.78 is 71.2. The molecule has 0 aliphatic carbocycles. The molecule has 0 aliphatic rings. The van der Waals surface area contributed by atoms with Crippen LogP contribution in [0, 0.1) is 12.4 Å². The number of fused-ring (bicyclic) bond motifs is 1. The van der Waals surface area contributed by atoms with Crippen LogP contribution >= 0.6 is 22.9 Å². The van der Waals surface area contributed by atoms with Gasteiger partial charge in [0.15, 0.2) is 0 Å². The third-order valence-electron chi connectivity index (χ3n) is 7.24. The Morgan fingerprint density at radius 2 is 1.67 bits per heavy atom. The Morgan fingerprint density at radius 1 is 0.933 bits per heavy atom. The molecule has 1 N–H and O–H groups in total. The van der Waals surface area contributed by atoms with E-state index in [-0.39, 0.29) is 48.2 Å². The van der Waals surface area contributed by atoms with E-state index in [9.17, 15) is 31.5 Å². The topological polar surface area (TPSA) is 80.7 Å². The fourth-order valence-corrected chi connectivity index (χ4v) is 7.72. The van der Waals surface area contributed by atoms with Gasteiger partial charge in [-0.25, -0.2) is 35.2 Å². The Kier molecular flexibility index (Phi) is 7.74. The normalized spacial score (nSPS) is 11.6. The lowest BCUT2D eigenvalue weighted by molar-refractivity contribution is 0.0697. The zero-order valence-corrected chi connectivity index (χ0v) is 25.1. The molecule has 0 atom stereocenters. The van der Waals surface area contributed by atoms with E-state index in [4.69, 9.17) is 18.2 Å². The van der Waals surface area contributed by atoms with Crippen LogP contribution in [0.5, 0.6) is 0 Å². The molecular formula is C33H18ClF3N2O4S2. The highest BCUT2D eigenvalue weighted by molar-refractivity contribution is 7.90. The summed E-state index contributed by atoms with van der Waals surface area (Å²) in [5.74, 6) is -1.79. The Balaban J connectivity index is 1.70. The maximum absolute atomic E-state index is 14.8. The van der Waals surface area contributed by atoms with Gasteiger partial charge in [0.05, 0.1) is 28.2 Å². The third-order valence-corrected chi connectivity index (χ3v) is 10.1. The number of aromatic carboxylic acids is 1. The van der Waals surface area contributed by atoms with Crippen molar-refractivity contribution >= 4 is 54.8 Å². The number of hydrogen-bond donors (Lipinski definition) is 1. The van der Waals surface area contributed by atoms with Gasteiger partial charge in [-0.15, -0.1) is 0 Å². The summed E-state index contributed by atoms with van der Waals surface area (Å²) in [6.07, 6.45) is -2.80. The zero-order chi connectivity index (χ0) is 32.0. The maximum Gasteiger partial charge on any atom is 0.335 e. The quantitative estimate of drug-likeness (QED) is 0.173. The molecule has 6 nitrogen and oxygen atoms in total. The van der Waals surface area contributed by atoms with E-state index in [1.807, 2.05) is 0 Å². The van der Waals surface area contributed by atoms with Crippen LogP contribution in [0.4, 0.5) is 18.2 Å². The molecule has 0 fully saturated rings. The van der Waals surface area contributed by atoms with Gasteiger partial charge in [0.2, 0.25) is 5.00 Å². The molecule has 0 saturated heterocycles. The van der Waals surface area contributed by atoms with Crippen molar-refractivity contribution in [1.29, 1.82) is 0 Å². The molecule has 6 aromatic rings. The van der Waals surface area contributed by atoms with Gasteiger partial charge < -0.3 is 5.11 Å². The molecule has 0 aliphatic heterocycles. The number of alkyl halides is 2. The molecule has 6 rings (SSSR count). The average molecular weight is 663 g/mol. The van der Waals surface area contributed by atoms with Gasteiger partial charge in [0.1, 0.15) is 5.82 Å². The number of carboxylic acids is 1. The van der Waals surface area contributed by atoms with Gasteiger partial charge in [-0.3, -0.25) is 0 Å². The Bertz CT molecular complexity index is 2290. The molecule has 45 heavy (non-hydrogen) atoms. The Hall–Kier alpha value is -4.89. The number of thiophene rings is 1. The van der Waals surface area contributed by atoms with E-state index in [1.165, 1.54) is 30.3 Å². The number of benzene rings is 4. The van der Waals surface area contributed by atoms with Crippen LogP contribution in [-0.4, -0.2) is 23.5 Å². The molecule has 0 radical (unpaired) electrons. The molecule has 0 unspecified atom stereocenters. The molecular weight excluding hydrogens is 645 g/mol. The van der Waals surface area contributed by atoms with Gasteiger partial charge in [0.25, 0.3) is 16.4 Å². The molecule has 2 aromatic heterocycles. The van der Waals surface area contributed by atoms with Gasteiger partial charge in [0, 0.05) is 38.2 Å². The molecule has 12 heteroatoms. The predicted molar refractivity (Wildman–Crippen MR) is 168 cm³/mol.